The fourth-order valence-corrected chi connectivity index (χ4v) is 1.42. The van der Waals surface area contributed by atoms with Crippen molar-refractivity contribution in [1.29, 1.82) is 0 Å². The van der Waals surface area contributed by atoms with Crippen molar-refractivity contribution < 1.29 is 13.3 Å². The molecule has 0 spiro atoms. The number of hydrogen-bond acceptors (Lipinski definition) is 3. The van der Waals surface area contributed by atoms with Crippen molar-refractivity contribution in [2.75, 3.05) is 0 Å². The average Bonchev–Trinajstić information content (AvgIpc) is 1.89. The lowest BCUT2D eigenvalue weighted by Crippen LogP contribution is -2.83. The van der Waals surface area contributed by atoms with E-state index < -0.39 is 15.3 Å². The zero-order valence-electron chi connectivity index (χ0n) is 6.20. The van der Waals surface area contributed by atoms with E-state index in [4.69, 9.17) is 0 Å². The first-order chi connectivity index (χ1) is 4.54. The van der Waals surface area contributed by atoms with Crippen LogP contribution < -0.4 is 4.89 Å². The molecular weight excluding hydrogens is 154 g/mol. The van der Waals surface area contributed by atoms with Crippen molar-refractivity contribution in [3.8, 4) is 0 Å². The van der Waals surface area contributed by atoms with Crippen LogP contribution in [0.15, 0.2) is 0 Å². The van der Waals surface area contributed by atoms with Crippen molar-refractivity contribution in [3.63, 3.8) is 0 Å². The summed E-state index contributed by atoms with van der Waals surface area (Å²) >= 11 is 0. The van der Waals surface area contributed by atoms with Gasteiger partial charge in [0.1, 0.15) is 5.25 Å². The van der Waals surface area contributed by atoms with Gasteiger partial charge in [0.15, 0.2) is 0 Å². The number of quaternary nitrogens is 1. The molecule has 0 aliphatic carbocycles. The molecule has 0 rings (SSSR count). The summed E-state index contributed by atoms with van der Waals surface area (Å²) in [5, 5.41) is 9.44. The monoisotopic (exact) mass is 167 g/mol. The molecule has 0 saturated carbocycles. The van der Waals surface area contributed by atoms with E-state index in [1.54, 1.807) is 6.92 Å². The maximum absolute atomic E-state index is 10.7. The SMILES string of the molecule is CCCC(C)S(=O)(=O)[NH2+][O-]. The van der Waals surface area contributed by atoms with Crippen molar-refractivity contribution in [2.24, 2.45) is 0 Å². The second-order valence-electron chi connectivity index (χ2n) is 2.28. The quantitative estimate of drug-likeness (QED) is 0.577. The van der Waals surface area contributed by atoms with Crippen LogP contribution in [0.5, 0.6) is 0 Å². The Morgan fingerprint density at radius 1 is 1.60 bits per heavy atom. The molecule has 0 aromatic rings. The molecule has 0 amide bonds. The van der Waals surface area contributed by atoms with E-state index in [0.29, 0.717) is 6.42 Å². The number of sulfonamides is 1. The van der Waals surface area contributed by atoms with Gasteiger partial charge in [-0.05, 0) is 13.3 Å². The Morgan fingerprint density at radius 3 is 2.40 bits per heavy atom. The summed E-state index contributed by atoms with van der Waals surface area (Å²) in [6.45, 7) is 3.43. The largest absolute Gasteiger partial charge is 0.620 e. The van der Waals surface area contributed by atoms with Crippen LogP contribution >= 0.6 is 0 Å². The average molecular weight is 167 g/mol. The first-order valence-corrected chi connectivity index (χ1v) is 4.84. The van der Waals surface area contributed by atoms with Crippen LogP contribution in [0, 0.1) is 5.21 Å². The third kappa shape index (κ3) is 2.64. The van der Waals surface area contributed by atoms with Gasteiger partial charge in [-0.15, -0.1) is 0 Å². The second kappa shape index (κ2) is 3.90. The topological polar surface area (TPSA) is 73.8 Å². The standard InChI is InChI=1S/C5H13NO3S/c1-3-4-5(2)10(8,9)6-7/h5H,3-4,6H2,1-2H3. The molecule has 2 N–H and O–H groups in total. The first-order valence-electron chi connectivity index (χ1n) is 3.23. The Kier molecular flexibility index (Phi) is 3.85. The van der Waals surface area contributed by atoms with Crippen LogP contribution in [-0.4, -0.2) is 13.7 Å². The Bertz CT molecular complexity index is 175. The molecule has 5 heteroatoms. The molecule has 1 atom stereocenters. The van der Waals surface area contributed by atoms with E-state index in [-0.39, 0.29) is 4.89 Å². The smallest absolute Gasteiger partial charge is 0.296 e. The summed E-state index contributed by atoms with van der Waals surface area (Å²) in [6.07, 6.45) is 1.34. The first kappa shape index (κ1) is 9.87. The lowest BCUT2D eigenvalue weighted by Gasteiger charge is -2.09. The highest BCUT2D eigenvalue weighted by Crippen LogP contribution is 2.01. The predicted molar refractivity (Wildman–Crippen MR) is 38.6 cm³/mol. The maximum Gasteiger partial charge on any atom is 0.296 e. The van der Waals surface area contributed by atoms with Gasteiger partial charge in [-0.3, -0.25) is 4.89 Å². The Morgan fingerprint density at radius 2 is 2.10 bits per heavy atom. The zero-order chi connectivity index (χ0) is 8.20. The van der Waals surface area contributed by atoms with Crippen LogP contribution in [0.3, 0.4) is 0 Å². The molecule has 4 nitrogen and oxygen atoms in total. The predicted octanol–water partition coefficient (Wildman–Crippen LogP) is -0.434. The highest BCUT2D eigenvalue weighted by Gasteiger charge is 2.18. The highest BCUT2D eigenvalue weighted by atomic mass is 32.2. The third-order valence-electron chi connectivity index (χ3n) is 1.39. The number of rotatable bonds is 4. The second-order valence-corrected chi connectivity index (χ2v) is 4.46. The number of primary sulfonamides is 1. The summed E-state index contributed by atoms with van der Waals surface area (Å²) in [7, 11) is -3.44. The summed E-state index contributed by atoms with van der Waals surface area (Å²) in [5.41, 5.74) is 0. The molecule has 62 valence electrons. The van der Waals surface area contributed by atoms with Crippen molar-refractivity contribution >= 4 is 10.0 Å². The van der Waals surface area contributed by atoms with Gasteiger partial charge in [0.25, 0.3) is 10.0 Å². The lowest BCUT2D eigenvalue weighted by molar-refractivity contribution is -0.417. The van der Waals surface area contributed by atoms with Gasteiger partial charge in [-0.25, -0.2) is 0 Å². The van der Waals surface area contributed by atoms with Gasteiger partial charge in [-0.2, -0.15) is 8.42 Å². The third-order valence-corrected chi connectivity index (χ3v) is 3.02. The normalized spacial score (nSPS) is 15.1. The van der Waals surface area contributed by atoms with Gasteiger partial charge in [0.2, 0.25) is 0 Å². The Balaban J connectivity index is 4.06. The van der Waals surface area contributed by atoms with E-state index in [1.165, 1.54) is 0 Å². The van der Waals surface area contributed by atoms with Gasteiger partial charge < -0.3 is 5.21 Å². The van der Waals surface area contributed by atoms with Crippen LogP contribution in [-0.2, 0) is 10.0 Å². The molecule has 0 aliphatic rings. The van der Waals surface area contributed by atoms with Crippen LogP contribution in [0.25, 0.3) is 0 Å². The molecule has 0 heterocycles. The van der Waals surface area contributed by atoms with Crippen molar-refractivity contribution in [1.82, 2.24) is 0 Å². The van der Waals surface area contributed by atoms with Crippen LogP contribution in [0.2, 0.25) is 0 Å². The lowest BCUT2D eigenvalue weighted by atomic mass is 10.3. The molecule has 0 fully saturated rings. The molecule has 0 bridgehead atoms. The summed E-state index contributed by atoms with van der Waals surface area (Å²) in [5.74, 6) is 0. The van der Waals surface area contributed by atoms with Crippen molar-refractivity contribution in [3.05, 3.63) is 5.21 Å². The summed E-state index contributed by atoms with van der Waals surface area (Å²) in [6, 6.07) is 0. The van der Waals surface area contributed by atoms with Gasteiger partial charge in [0.05, 0.1) is 0 Å². The Hall–Kier alpha value is -0.130. The van der Waals surface area contributed by atoms with Crippen LogP contribution in [0.4, 0.5) is 0 Å². The molecule has 0 saturated heterocycles. The molecule has 0 radical (unpaired) electrons. The summed E-state index contributed by atoms with van der Waals surface area (Å²) in [4.78, 5) is 0.0350. The minimum absolute atomic E-state index is 0.0350. The van der Waals surface area contributed by atoms with E-state index in [1.807, 2.05) is 6.92 Å². The summed E-state index contributed by atoms with van der Waals surface area (Å²) < 4.78 is 21.4. The van der Waals surface area contributed by atoms with E-state index >= 15 is 0 Å². The molecule has 10 heavy (non-hydrogen) atoms. The van der Waals surface area contributed by atoms with E-state index in [9.17, 15) is 13.6 Å². The van der Waals surface area contributed by atoms with E-state index in [0.717, 1.165) is 6.42 Å². The Labute approximate surface area is 61.3 Å². The van der Waals surface area contributed by atoms with Gasteiger partial charge in [-0.1, -0.05) is 13.3 Å². The molecule has 0 aromatic carbocycles. The number of nitrogens with two attached hydrogens (primary N) is 1. The molecule has 0 aliphatic heterocycles. The zero-order valence-corrected chi connectivity index (χ0v) is 7.02. The maximum atomic E-state index is 10.7. The molecule has 0 aromatic heterocycles. The molecule has 1 unspecified atom stereocenters. The minimum atomic E-state index is -3.44. The van der Waals surface area contributed by atoms with Crippen LogP contribution in [0.1, 0.15) is 26.7 Å². The minimum Gasteiger partial charge on any atom is -0.620 e. The molecular formula is C5H13NO3S. The highest BCUT2D eigenvalue weighted by molar-refractivity contribution is 7.85. The van der Waals surface area contributed by atoms with E-state index in [2.05, 4.69) is 0 Å². The fourth-order valence-electron chi connectivity index (χ4n) is 0.666. The van der Waals surface area contributed by atoms with Gasteiger partial charge >= 0.3 is 0 Å². The van der Waals surface area contributed by atoms with Crippen molar-refractivity contribution in [2.45, 2.75) is 31.9 Å². The fraction of sp³-hybridized carbons (Fsp3) is 1.00. The number of hydrogen-bond donors (Lipinski definition) is 1. The van der Waals surface area contributed by atoms with Gasteiger partial charge in [0, 0.05) is 0 Å².